The van der Waals surface area contributed by atoms with E-state index in [4.69, 9.17) is 14.2 Å². The van der Waals surface area contributed by atoms with Crippen LogP contribution in [0.25, 0.3) is 0 Å². The average molecular weight is 625 g/mol. The molecular formula is C30H61N2O7PS. The number of aliphatic carboxylic acids is 1. The van der Waals surface area contributed by atoms with Crippen LogP contribution in [0, 0.1) is 0 Å². The molecule has 0 rings (SSSR count). The Kier molecular flexibility index (Phi) is 24.4. The van der Waals surface area contributed by atoms with Crippen LogP contribution >= 0.6 is 19.6 Å². The third-order valence-corrected chi connectivity index (χ3v) is 9.35. The van der Waals surface area contributed by atoms with Crippen molar-refractivity contribution in [1.82, 2.24) is 5.32 Å². The van der Waals surface area contributed by atoms with E-state index in [-0.39, 0.29) is 18.9 Å². The summed E-state index contributed by atoms with van der Waals surface area (Å²) in [7, 11) is 1.36. The van der Waals surface area contributed by atoms with Gasteiger partial charge >= 0.3 is 5.97 Å². The monoisotopic (exact) mass is 624 g/mol. The lowest BCUT2D eigenvalue weighted by Crippen LogP contribution is -2.41. The topological polar surface area (TPSA) is 125 Å². The highest BCUT2D eigenvalue weighted by molar-refractivity contribution is 7.99. The molecule has 0 aliphatic heterocycles. The highest BCUT2D eigenvalue weighted by Gasteiger charge is 2.26. The van der Waals surface area contributed by atoms with E-state index in [0.717, 1.165) is 82.8 Å². The average Bonchev–Trinajstić information content (AvgIpc) is 2.86. The van der Waals surface area contributed by atoms with Crippen molar-refractivity contribution in [2.75, 3.05) is 40.0 Å². The maximum Gasteiger partial charge on any atom is 0.303 e. The lowest BCUT2D eigenvalue weighted by Gasteiger charge is -2.32. The summed E-state index contributed by atoms with van der Waals surface area (Å²) in [6.45, 7) is 4.56. The molecule has 0 spiro atoms. The number of phosphoric acid groups is 1. The van der Waals surface area contributed by atoms with Crippen LogP contribution in [0.1, 0.15) is 129 Å². The van der Waals surface area contributed by atoms with Gasteiger partial charge in [0.25, 0.3) is 7.82 Å². The second-order valence-electron chi connectivity index (χ2n) is 12.2. The van der Waals surface area contributed by atoms with Crippen molar-refractivity contribution >= 4 is 31.5 Å². The maximum atomic E-state index is 12.6. The summed E-state index contributed by atoms with van der Waals surface area (Å²) >= 11 is 1.42. The Morgan fingerprint density at radius 1 is 0.854 bits per heavy atom. The number of hydrogen-bond acceptors (Lipinski definition) is 7. The van der Waals surface area contributed by atoms with Gasteiger partial charge in [-0.1, -0.05) is 90.4 Å². The molecule has 0 aromatic heterocycles. The van der Waals surface area contributed by atoms with Gasteiger partial charge < -0.3 is 28.8 Å². The number of phosphoric ester groups is 1. The molecular weight excluding hydrogens is 563 g/mol. The van der Waals surface area contributed by atoms with E-state index in [1.807, 2.05) is 21.1 Å². The molecule has 0 radical (unpaired) electrons. The summed E-state index contributed by atoms with van der Waals surface area (Å²) in [4.78, 5) is 35.7. The molecule has 3 atom stereocenters. The van der Waals surface area contributed by atoms with Crippen molar-refractivity contribution in [3.63, 3.8) is 0 Å². The van der Waals surface area contributed by atoms with Gasteiger partial charge in [0.15, 0.2) is 0 Å². The summed E-state index contributed by atoms with van der Waals surface area (Å²) < 4.78 is 23.8. The number of nitrogens with zero attached hydrogens (tertiary/aromatic N) is 1. The Hall–Kier alpha value is -0.640. The van der Waals surface area contributed by atoms with E-state index in [1.165, 1.54) is 37.4 Å². The standard InChI is InChI=1S/C30H61N2O7PS/c1-6-7-8-9-13-16-19-22-28(33)31-27(2)30(39-40(36,37)38-25-24-32(3,4)5)41-26-21-18-15-12-10-11-14-17-20-23-29(34)35/h27,30H,6-26H2,1-5H3,(H2-,31,33,34,35,36,37)/t27-,30?/m1/s1. The molecule has 0 bridgehead atoms. The highest BCUT2D eigenvalue weighted by Crippen LogP contribution is 2.43. The summed E-state index contributed by atoms with van der Waals surface area (Å²) in [5, 5.41) is 11.6. The molecule has 2 unspecified atom stereocenters. The first-order chi connectivity index (χ1) is 19.4. The molecule has 0 aromatic carbocycles. The number of likely N-dealkylation sites (N-methyl/N-ethyl adjacent to an activating group) is 1. The van der Waals surface area contributed by atoms with E-state index in [1.54, 1.807) is 6.92 Å². The Morgan fingerprint density at radius 3 is 1.85 bits per heavy atom. The van der Waals surface area contributed by atoms with Crippen molar-refractivity contribution in [1.29, 1.82) is 0 Å². The molecule has 0 saturated heterocycles. The van der Waals surface area contributed by atoms with E-state index >= 15 is 0 Å². The molecule has 1 amide bonds. The first-order valence-corrected chi connectivity index (χ1v) is 18.4. The van der Waals surface area contributed by atoms with Crippen molar-refractivity contribution < 1.29 is 37.7 Å². The number of carbonyl (C=O) groups excluding carboxylic acids is 1. The lowest BCUT2D eigenvalue weighted by atomic mass is 10.1. The summed E-state index contributed by atoms with van der Waals surface area (Å²) in [5.74, 6) is -0.0624. The van der Waals surface area contributed by atoms with Crippen LogP contribution in [0.2, 0.25) is 0 Å². The van der Waals surface area contributed by atoms with E-state index in [0.29, 0.717) is 17.4 Å². The van der Waals surface area contributed by atoms with Gasteiger partial charge in [-0.2, -0.15) is 0 Å². The molecule has 11 heteroatoms. The molecule has 0 heterocycles. The van der Waals surface area contributed by atoms with Crippen LogP contribution in [-0.2, 0) is 23.2 Å². The zero-order valence-electron chi connectivity index (χ0n) is 26.7. The van der Waals surface area contributed by atoms with Gasteiger partial charge in [-0.25, -0.2) is 0 Å². The fourth-order valence-electron chi connectivity index (χ4n) is 4.30. The molecule has 0 aliphatic carbocycles. The SMILES string of the molecule is CCCCCCCCCC(=O)N[C@H](C)C(OP(=O)([O-])OCC[N+](C)(C)C)SCCCCCCCCCCCC(=O)O. The summed E-state index contributed by atoms with van der Waals surface area (Å²) in [6, 6.07) is -0.470. The molecule has 41 heavy (non-hydrogen) atoms. The molecule has 0 aliphatic rings. The van der Waals surface area contributed by atoms with Crippen LogP contribution in [0.5, 0.6) is 0 Å². The first-order valence-electron chi connectivity index (χ1n) is 15.9. The highest BCUT2D eigenvalue weighted by atomic mass is 32.2. The fourth-order valence-corrected chi connectivity index (χ4v) is 6.62. The first kappa shape index (κ1) is 40.4. The van der Waals surface area contributed by atoms with Gasteiger partial charge in [0.1, 0.15) is 18.6 Å². The van der Waals surface area contributed by atoms with Gasteiger partial charge in [0.2, 0.25) is 5.91 Å². The smallest absolute Gasteiger partial charge is 0.303 e. The van der Waals surface area contributed by atoms with Gasteiger partial charge in [-0.15, -0.1) is 11.8 Å². The minimum atomic E-state index is -4.52. The Morgan fingerprint density at radius 2 is 1.34 bits per heavy atom. The number of amides is 1. The number of carbonyl (C=O) groups is 2. The lowest BCUT2D eigenvalue weighted by molar-refractivity contribution is -0.870. The number of carboxylic acid groups (broad SMARTS) is 1. The zero-order chi connectivity index (χ0) is 31.0. The third-order valence-electron chi connectivity index (χ3n) is 6.87. The van der Waals surface area contributed by atoms with Gasteiger partial charge in [0.05, 0.1) is 27.2 Å². The van der Waals surface area contributed by atoms with Crippen molar-refractivity contribution in [3.05, 3.63) is 0 Å². The van der Waals surface area contributed by atoms with Crippen molar-refractivity contribution in [2.45, 2.75) is 141 Å². The normalized spacial score (nSPS) is 14.9. The molecule has 9 nitrogen and oxygen atoms in total. The second kappa shape index (κ2) is 24.8. The Labute approximate surface area is 255 Å². The van der Waals surface area contributed by atoms with Crippen molar-refractivity contribution in [3.8, 4) is 0 Å². The number of hydrogen-bond donors (Lipinski definition) is 2. The van der Waals surface area contributed by atoms with E-state index < -0.39 is 25.3 Å². The molecule has 0 fully saturated rings. The predicted octanol–water partition coefficient (Wildman–Crippen LogP) is 6.88. The molecule has 0 saturated carbocycles. The minimum Gasteiger partial charge on any atom is -0.756 e. The largest absolute Gasteiger partial charge is 0.756 e. The van der Waals surface area contributed by atoms with Gasteiger partial charge in [-0.3, -0.25) is 14.2 Å². The van der Waals surface area contributed by atoms with Crippen LogP contribution in [0.15, 0.2) is 0 Å². The van der Waals surface area contributed by atoms with Crippen molar-refractivity contribution in [2.24, 2.45) is 0 Å². The summed E-state index contributed by atoms with van der Waals surface area (Å²) in [5.41, 5.74) is -0.744. The quantitative estimate of drug-likeness (QED) is 0.0399. The molecule has 244 valence electrons. The maximum absolute atomic E-state index is 12.6. The fraction of sp³-hybridized carbons (Fsp3) is 0.933. The number of carboxylic acids is 1. The van der Waals surface area contributed by atoms with E-state index in [2.05, 4.69) is 12.2 Å². The van der Waals surface area contributed by atoms with Crippen LogP contribution < -0.4 is 10.2 Å². The zero-order valence-corrected chi connectivity index (χ0v) is 28.4. The Bertz CT molecular complexity index is 721. The van der Waals surface area contributed by atoms with Gasteiger partial charge in [0, 0.05) is 12.8 Å². The van der Waals surface area contributed by atoms with Crippen LogP contribution in [0.4, 0.5) is 0 Å². The Balaban J connectivity index is 4.52. The minimum absolute atomic E-state index is 0.0419. The van der Waals surface area contributed by atoms with Gasteiger partial charge in [-0.05, 0) is 31.9 Å². The number of unbranched alkanes of at least 4 members (excludes halogenated alkanes) is 14. The number of thioether (sulfide) groups is 1. The van der Waals surface area contributed by atoms with Crippen LogP contribution in [-0.4, -0.2) is 73.0 Å². The van der Waals surface area contributed by atoms with Crippen LogP contribution in [0.3, 0.4) is 0 Å². The summed E-state index contributed by atoms with van der Waals surface area (Å²) in [6.07, 6.45) is 18.0. The number of rotatable bonds is 29. The van der Waals surface area contributed by atoms with E-state index in [9.17, 15) is 19.0 Å². The predicted molar refractivity (Wildman–Crippen MR) is 168 cm³/mol. The third kappa shape index (κ3) is 27.9. The molecule has 2 N–H and O–H groups in total. The number of nitrogens with one attached hydrogen (secondary N) is 1. The second-order valence-corrected chi connectivity index (χ2v) is 14.8. The molecule has 0 aromatic rings. The number of quaternary nitrogens is 1.